The largest absolute Gasteiger partial charge is 0.496 e. The fourth-order valence-electron chi connectivity index (χ4n) is 2.36. The highest BCUT2D eigenvalue weighted by atomic mass is 16.5. The number of carbonyl (C=O) groups excluding carboxylic acids is 1. The second-order valence-electron chi connectivity index (χ2n) is 5.01. The quantitative estimate of drug-likeness (QED) is 0.837. The lowest BCUT2D eigenvalue weighted by atomic mass is 10.1. The van der Waals surface area contributed by atoms with Gasteiger partial charge in [0.2, 0.25) is 0 Å². The van der Waals surface area contributed by atoms with E-state index >= 15 is 0 Å². The summed E-state index contributed by atoms with van der Waals surface area (Å²) in [6.07, 6.45) is 2.23. The summed E-state index contributed by atoms with van der Waals surface area (Å²) in [6.45, 7) is 4.35. The molecule has 1 aliphatic rings. The lowest BCUT2D eigenvalue weighted by Crippen LogP contribution is -2.31. The molecule has 5 heteroatoms. The van der Waals surface area contributed by atoms with E-state index in [4.69, 9.17) is 14.2 Å². The fourth-order valence-corrected chi connectivity index (χ4v) is 2.36. The molecule has 1 amide bonds. The van der Waals surface area contributed by atoms with Crippen LogP contribution in [0.15, 0.2) is 18.2 Å². The lowest BCUT2D eigenvalue weighted by Gasteiger charge is -2.13. The van der Waals surface area contributed by atoms with Gasteiger partial charge < -0.3 is 19.5 Å². The van der Waals surface area contributed by atoms with E-state index in [0.717, 1.165) is 30.8 Å². The summed E-state index contributed by atoms with van der Waals surface area (Å²) in [5.74, 6) is 0.644. The molecule has 1 aliphatic heterocycles. The van der Waals surface area contributed by atoms with Crippen LogP contribution in [0.1, 0.15) is 35.7 Å². The molecule has 0 unspecified atom stereocenters. The van der Waals surface area contributed by atoms with Crippen molar-refractivity contribution in [2.24, 2.45) is 0 Å². The monoisotopic (exact) mass is 293 g/mol. The third-order valence-electron chi connectivity index (χ3n) is 3.52. The van der Waals surface area contributed by atoms with Crippen LogP contribution in [-0.2, 0) is 16.1 Å². The number of nitrogens with one attached hydrogen (secondary N) is 1. The van der Waals surface area contributed by atoms with E-state index < -0.39 is 0 Å². The maximum absolute atomic E-state index is 12.2. The molecule has 1 aromatic rings. The van der Waals surface area contributed by atoms with Crippen molar-refractivity contribution < 1.29 is 19.0 Å². The van der Waals surface area contributed by atoms with Gasteiger partial charge in [0.1, 0.15) is 5.75 Å². The molecule has 1 heterocycles. The van der Waals surface area contributed by atoms with Crippen LogP contribution in [0.3, 0.4) is 0 Å². The number of amides is 1. The van der Waals surface area contributed by atoms with Gasteiger partial charge in [0.25, 0.3) is 5.91 Å². The van der Waals surface area contributed by atoms with Crippen LogP contribution in [0.5, 0.6) is 5.75 Å². The van der Waals surface area contributed by atoms with E-state index in [-0.39, 0.29) is 12.0 Å². The van der Waals surface area contributed by atoms with Crippen LogP contribution in [-0.4, -0.2) is 38.9 Å². The Morgan fingerprint density at radius 1 is 1.48 bits per heavy atom. The number of carbonyl (C=O) groups is 1. The molecule has 0 bridgehead atoms. The first kappa shape index (κ1) is 15.8. The summed E-state index contributed by atoms with van der Waals surface area (Å²) in [7, 11) is 1.61. The Hall–Kier alpha value is -1.59. The van der Waals surface area contributed by atoms with E-state index in [1.807, 2.05) is 13.0 Å². The molecule has 1 atom stereocenters. The maximum atomic E-state index is 12.2. The predicted molar refractivity (Wildman–Crippen MR) is 79.6 cm³/mol. The molecule has 5 nitrogen and oxygen atoms in total. The van der Waals surface area contributed by atoms with E-state index in [1.54, 1.807) is 19.2 Å². The Morgan fingerprint density at radius 2 is 2.33 bits per heavy atom. The number of benzene rings is 1. The molecular weight excluding hydrogens is 270 g/mol. The Kier molecular flexibility index (Phi) is 6.02. The normalized spacial score (nSPS) is 17.7. The highest BCUT2D eigenvalue weighted by molar-refractivity contribution is 5.94. The van der Waals surface area contributed by atoms with Crippen molar-refractivity contribution in [2.45, 2.75) is 32.5 Å². The van der Waals surface area contributed by atoms with Crippen LogP contribution in [0, 0.1) is 0 Å². The zero-order chi connectivity index (χ0) is 15.1. The summed E-state index contributed by atoms with van der Waals surface area (Å²) in [4.78, 5) is 12.2. The summed E-state index contributed by atoms with van der Waals surface area (Å²) in [5, 5.41) is 2.92. The van der Waals surface area contributed by atoms with Gasteiger partial charge in [0.05, 0.1) is 19.8 Å². The van der Waals surface area contributed by atoms with Crippen LogP contribution >= 0.6 is 0 Å². The molecule has 1 saturated heterocycles. The SMILES string of the molecule is CCOCc1cc(C(=O)NC[C@@H]2CCCO2)ccc1OC. The number of hydrogen-bond acceptors (Lipinski definition) is 4. The van der Waals surface area contributed by atoms with Crippen LogP contribution in [0.4, 0.5) is 0 Å². The van der Waals surface area contributed by atoms with Crippen LogP contribution in [0.25, 0.3) is 0 Å². The van der Waals surface area contributed by atoms with Gasteiger partial charge in [-0.2, -0.15) is 0 Å². The maximum Gasteiger partial charge on any atom is 0.251 e. The van der Waals surface area contributed by atoms with Gasteiger partial charge in [-0.15, -0.1) is 0 Å². The van der Waals surface area contributed by atoms with Crippen molar-refractivity contribution in [3.8, 4) is 5.75 Å². The fraction of sp³-hybridized carbons (Fsp3) is 0.562. The van der Waals surface area contributed by atoms with Crippen LogP contribution in [0.2, 0.25) is 0 Å². The van der Waals surface area contributed by atoms with Gasteiger partial charge in [-0.1, -0.05) is 0 Å². The van der Waals surface area contributed by atoms with Crippen molar-refractivity contribution in [1.82, 2.24) is 5.32 Å². The first-order chi connectivity index (χ1) is 10.2. The summed E-state index contributed by atoms with van der Waals surface area (Å²) in [5.41, 5.74) is 1.49. The molecule has 1 N–H and O–H groups in total. The number of ether oxygens (including phenoxy) is 3. The van der Waals surface area contributed by atoms with E-state index in [1.165, 1.54) is 0 Å². The Bertz CT molecular complexity index is 469. The first-order valence-electron chi connectivity index (χ1n) is 7.39. The number of hydrogen-bond donors (Lipinski definition) is 1. The Balaban J connectivity index is 1.98. The molecule has 1 aromatic carbocycles. The topological polar surface area (TPSA) is 56.8 Å². The van der Waals surface area contributed by atoms with Crippen molar-refractivity contribution in [3.63, 3.8) is 0 Å². The Morgan fingerprint density at radius 3 is 3.00 bits per heavy atom. The van der Waals surface area contributed by atoms with Crippen molar-refractivity contribution in [1.29, 1.82) is 0 Å². The summed E-state index contributed by atoms with van der Waals surface area (Å²) >= 11 is 0. The highest BCUT2D eigenvalue weighted by Crippen LogP contribution is 2.21. The first-order valence-corrected chi connectivity index (χ1v) is 7.39. The van der Waals surface area contributed by atoms with Gasteiger partial charge in [0.15, 0.2) is 0 Å². The van der Waals surface area contributed by atoms with Crippen molar-refractivity contribution in [2.75, 3.05) is 26.9 Å². The zero-order valence-corrected chi connectivity index (χ0v) is 12.7. The average Bonchev–Trinajstić information content (AvgIpc) is 3.03. The smallest absolute Gasteiger partial charge is 0.251 e. The molecule has 0 saturated carbocycles. The molecule has 21 heavy (non-hydrogen) atoms. The van der Waals surface area contributed by atoms with Crippen LogP contribution < -0.4 is 10.1 Å². The van der Waals surface area contributed by atoms with Gasteiger partial charge in [-0.3, -0.25) is 4.79 Å². The molecule has 0 aromatic heterocycles. The highest BCUT2D eigenvalue weighted by Gasteiger charge is 2.17. The minimum atomic E-state index is -0.0918. The van der Waals surface area contributed by atoms with E-state index in [2.05, 4.69) is 5.32 Å². The molecule has 0 radical (unpaired) electrons. The minimum Gasteiger partial charge on any atom is -0.496 e. The molecule has 0 aliphatic carbocycles. The number of rotatable bonds is 7. The molecule has 116 valence electrons. The van der Waals surface area contributed by atoms with Gasteiger partial charge >= 0.3 is 0 Å². The Labute approximate surface area is 125 Å². The third kappa shape index (κ3) is 4.44. The standard InChI is InChI=1S/C16H23NO4/c1-3-20-11-13-9-12(6-7-15(13)19-2)16(18)17-10-14-5-4-8-21-14/h6-7,9,14H,3-5,8,10-11H2,1-2H3,(H,17,18)/t14-/m0/s1. The molecule has 0 spiro atoms. The third-order valence-corrected chi connectivity index (χ3v) is 3.52. The summed E-state index contributed by atoms with van der Waals surface area (Å²) in [6, 6.07) is 5.38. The van der Waals surface area contributed by atoms with Crippen molar-refractivity contribution >= 4 is 5.91 Å². The van der Waals surface area contributed by atoms with Gasteiger partial charge in [0, 0.05) is 30.9 Å². The molecule has 2 rings (SSSR count). The lowest BCUT2D eigenvalue weighted by molar-refractivity contribution is 0.0857. The predicted octanol–water partition coefficient (Wildman–Crippen LogP) is 2.14. The minimum absolute atomic E-state index is 0.0918. The van der Waals surface area contributed by atoms with Crippen molar-refractivity contribution in [3.05, 3.63) is 29.3 Å². The second-order valence-corrected chi connectivity index (χ2v) is 5.01. The zero-order valence-electron chi connectivity index (χ0n) is 12.7. The van der Waals surface area contributed by atoms with Gasteiger partial charge in [-0.25, -0.2) is 0 Å². The molecule has 1 fully saturated rings. The molecular formula is C16H23NO4. The van der Waals surface area contributed by atoms with Gasteiger partial charge in [-0.05, 0) is 38.0 Å². The van der Waals surface area contributed by atoms with E-state index in [0.29, 0.717) is 25.3 Å². The summed E-state index contributed by atoms with van der Waals surface area (Å²) < 4.78 is 16.2. The van der Waals surface area contributed by atoms with E-state index in [9.17, 15) is 4.79 Å². The average molecular weight is 293 g/mol. The number of methoxy groups -OCH3 is 1. The second kappa shape index (κ2) is 8.00.